The Hall–Kier alpha value is -0.745. The van der Waals surface area contributed by atoms with E-state index in [4.69, 9.17) is 26.1 Å². The van der Waals surface area contributed by atoms with E-state index < -0.39 is 7.12 Å². The summed E-state index contributed by atoms with van der Waals surface area (Å²) in [6.07, 6.45) is 0. The number of hydrogen-bond donors (Lipinski definition) is 2. The van der Waals surface area contributed by atoms with Crippen LogP contribution in [0, 0.1) is 0 Å². The van der Waals surface area contributed by atoms with Crippen LogP contribution in [0.4, 0.5) is 0 Å². The van der Waals surface area contributed by atoms with E-state index in [0.29, 0.717) is 16.2 Å². The van der Waals surface area contributed by atoms with Crippen molar-refractivity contribution in [3.05, 3.63) is 23.2 Å². The maximum Gasteiger partial charge on any atom is 0.495 e. The number of aliphatic hydroxyl groups is 1. The van der Waals surface area contributed by atoms with E-state index >= 15 is 0 Å². The van der Waals surface area contributed by atoms with E-state index in [1.165, 1.54) is 7.11 Å². The van der Waals surface area contributed by atoms with Crippen molar-refractivity contribution in [3.63, 3.8) is 0 Å². The lowest BCUT2D eigenvalue weighted by molar-refractivity contribution is 0.183. The highest BCUT2D eigenvalue weighted by atomic mass is 35.5. The normalized spacial score (nSPS) is 10.1. The topological polar surface area (TPSA) is 58.9 Å². The molecule has 0 aliphatic rings. The van der Waals surface area contributed by atoms with Crippen molar-refractivity contribution in [2.45, 2.75) is 0 Å². The third-order valence-corrected chi connectivity index (χ3v) is 2.06. The first-order valence-electron chi connectivity index (χ1n) is 4.43. The number of benzene rings is 1. The van der Waals surface area contributed by atoms with Gasteiger partial charge in [-0.2, -0.15) is 0 Å². The van der Waals surface area contributed by atoms with E-state index in [0.717, 1.165) is 0 Å². The van der Waals surface area contributed by atoms with E-state index in [-0.39, 0.29) is 13.2 Å². The molecule has 82 valence electrons. The fraction of sp³-hybridized carbons (Fsp3) is 0.333. The molecule has 2 N–H and O–H groups in total. The molecule has 0 bridgehead atoms. The second kappa shape index (κ2) is 5.97. The molecule has 0 aliphatic carbocycles. The van der Waals surface area contributed by atoms with E-state index in [2.05, 4.69) is 0 Å². The molecule has 1 aromatic carbocycles. The lowest BCUT2D eigenvalue weighted by atomic mass is 9.79. The molecule has 0 fully saturated rings. The first kappa shape index (κ1) is 12.3. The zero-order valence-electron chi connectivity index (χ0n) is 8.31. The third kappa shape index (κ3) is 3.39. The molecule has 0 spiro atoms. The zero-order chi connectivity index (χ0) is 11.3. The Kier molecular flexibility index (Phi) is 4.91. The number of methoxy groups -OCH3 is 1. The minimum atomic E-state index is -1.12. The van der Waals surface area contributed by atoms with Gasteiger partial charge in [-0.25, -0.2) is 0 Å². The predicted octanol–water partition coefficient (Wildman–Crippen LogP) is 0.0450. The molecule has 0 aliphatic heterocycles. The number of aliphatic hydroxyl groups excluding tert-OH is 1. The van der Waals surface area contributed by atoms with Gasteiger partial charge in [0.2, 0.25) is 0 Å². The monoisotopic (exact) mass is 230 g/mol. The van der Waals surface area contributed by atoms with Gasteiger partial charge in [0.1, 0.15) is 5.75 Å². The first-order chi connectivity index (χ1) is 7.19. The average molecular weight is 230 g/mol. The summed E-state index contributed by atoms with van der Waals surface area (Å²) in [4.78, 5) is 0. The summed E-state index contributed by atoms with van der Waals surface area (Å²) in [7, 11) is 0.359. The van der Waals surface area contributed by atoms with E-state index in [1.807, 2.05) is 0 Å². The van der Waals surface area contributed by atoms with Crippen molar-refractivity contribution < 1.29 is 19.5 Å². The van der Waals surface area contributed by atoms with Crippen LogP contribution in [0.25, 0.3) is 0 Å². The average Bonchev–Trinajstić information content (AvgIpc) is 2.25. The fourth-order valence-electron chi connectivity index (χ4n) is 1.14. The van der Waals surface area contributed by atoms with Crippen molar-refractivity contribution in [2.75, 3.05) is 20.3 Å². The van der Waals surface area contributed by atoms with Crippen LogP contribution in [0.1, 0.15) is 0 Å². The highest BCUT2D eigenvalue weighted by Crippen LogP contribution is 2.15. The Morgan fingerprint density at radius 2 is 2.20 bits per heavy atom. The van der Waals surface area contributed by atoms with Crippen molar-refractivity contribution in [1.82, 2.24) is 0 Å². The molecule has 0 unspecified atom stereocenters. The van der Waals surface area contributed by atoms with Crippen LogP contribution in [0.15, 0.2) is 18.2 Å². The minimum Gasteiger partial charge on any atom is -0.497 e. The summed E-state index contributed by atoms with van der Waals surface area (Å²) < 4.78 is 9.98. The van der Waals surface area contributed by atoms with Gasteiger partial charge in [-0.15, -0.1) is 0 Å². The van der Waals surface area contributed by atoms with Gasteiger partial charge in [-0.1, -0.05) is 17.7 Å². The predicted molar refractivity (Wildman–Crippen MR) is 58.6 cm³/mol. The Bertz CT molecular complexity index is 321. The Morgan fingerprint density at radius 1 is 1.47 bits per heavy atom. The summed E-state index contributed by atoms with van der Waals surface area (Å²) in [6, 6.07) is 4.83. The van der Waals surface area contributed by atoms with Gasteiger partial charge in [0.15, 0.2) is 0 Å². The van der Waals surface area contributed by atoms with Crippen molar-refractivity contribution in [3.8, 4) is 5.75 Å². The van der Waals surface area contributed by atoms with Gasteiger partial charge >= 0.3 is 7.12 Å². The molecule has 0 saturated carbocycles. The largest absolute Gasteiger partial charge is 0.497 e. The molecular weight excluding hydrogens is 218 g/mol. The lowest BCUT2D eigenvalue weighted by Crippen LogP contribution is -2.35. The molecule has 0 radical (unpaired) electrons. The molecule has 6 heteroatoms. The fourth-order valence-corrected chi connectivity index (χ4v) is 1.31. The number of ether oxygens (including phenoxy) is 1. The Balaban J connectivity index is 2.82. The van der Waals surface area contributed by atoms with Crippen LogP contribution in [-0.2, 0) is 4.65 Å². The molecule has 1 aromatic rings. The molecule has 4 nitrogen and oxygen atoms in total. The maximum atomic E-state index is 9.60. The molecule has 0 aromatic heterocycles. The van der Waals surface area contributed by atoms with E-state index in [9.17, 15) is 5.02 Å². The lowest BCUT2D eigenvalue weighted by Gasteiger charge is -2.11. The number of rotatable bonds is 5. The molecular formula is C9H12BClO4. The van der Waals surface area contributed by atoms with Crippen LogP contribution >= 0.6 is 11.6 Å². The quantitative estimate of drug-likeness (QED) is 0.702. The second-order valence-corrected chi connectivity index (χ2v) is 3.27. The maximum absolute atomic E-state index is 9.60. The zero-order valence-corrected chi connectivity index (χ0v) is 9.07. The van der Waals surface area contributed by atoms with Gasteiger partial charge in [0.05, 0.1) is 20.3 Å². The molecule has 15 heavy (non-hydrogen) atoms. The van der Waals surface area contributed by atoms with Crippen LogP contribution in [0.3, 0.4) is 0 Å². The van der Waals surface area contributed by atoms with Crippen molar-refractivity contribution in [2.24, 2.45) is 0 Å². The standard InChI is InChI=1S/C9H12BClO4/c1-14-9-6-7(11)2-3-8(9)10(13)15-5-4-12/h2-3,6,12-13H,4-5H2,1H3. The smallest absolute Gasteiger partial charge is 0.495 e. The number of hydrogen-bond acceptors (Lipinski definition) is 4. The Morgan fingerprint density at radius 3 is 2.80 bits per heavy atom. The van der Waals surface area contributed by atoms with Crippen LogP contribution < -0.4 is 10.2 Å². The van der Waals surface area contributed by atoms with Gasteiger partial charge in [0, 0.05) is 10.5 Å². The SMILES string of the molecule is COc1cc(Cl)ccc1B(O)OCCO. The molecule has 0 saturated heterocycles. The highest BCUT2D eigenvalue weighted by Gasteiger charge is 2.20. The molecule has 0 amide bonds. The highest BCUT2D eigenvalue weighted by molar-refractivity contribution is 6.61. The van der Waals surface area contributed by atoms with Gasteiger partial charge in [-0.3, -0.25) is 0 Å². The molecule has 0 atom stereocenters. The van der Waals surface area contributed by atoms with Gasteiger partial charge in [-0.05, 0) is 12.1 Å². The molecule has 0 heterocycles. The minimum absolute atomic E-state index is 0.0624. The summed E-state index contributed by atoms with van der Waals surface area (Å²) in [6.45, 7) is -0.0834. The van der Waals surface area contributed by atoms with Crippen LogP contribution in [-0.4, -0.2) is 37.6 Å². The van der Waals surface area contributed by atoms with Crippen LogP contribution in [0.2, 0.25) is 5.02 Å². The van der Waals surface area contributed by atoms with E-state index in [1.54, 1.807) is 18.2 Å². The van der Waals surface area contributed by atoms with Gasteiger partial charge < -0.3 is 19.5 Å². The van der Waals surface area contributed by atoms with Crippen molar-refractivity contribution >= 4 is 24.2 Å². The van der Waals surface area contributed by atoms with Gasteiger partial charge in [0.25, 0.3) is 0 Å². The first-order valence-corrected chi connectivity index (χ1v) is 4.80. The Labute approximate surface area is 93.5 Å². The number of halogens is 1. The second-order valence-electron chi connectivity index (χ2n) is 2.83. The summed E-state index contributed by atoms with van der Waals surface area (Å²) in [5, 5.41) is 18.7. The molecule has 1 rings (SSSR count). The van der Waals surface area contributed by atoms with Crippen molar-refractivity contribution in [1.29, 1.82) is 0 Å². The van der Waals surface area contributed by atoms with Crippen LogP contribution in [0.5, 0.6) is 5.75 Å². The third-order valence-electron chi connectivity index (χ3n) is 1.83. The summed E-state index contributed by atoms with van der Waals surface area (Å²) >= 11 is 5.76. The summed E-state index contributed by atoms with van der Waals surface area (Å²) in [5.74, 6) is 0.452. The summed E-state index contributed by atoms with van der Waals surface area (Å²) in [5.41, 5.74) is 0.482.